The SMILES string of the molecule is CCOCCCN([C@@H](C)C(=O)c1c(C)[nH]c(C(=O)OC)c1C)S(=O)(=O)c1ccc(C)cc1. The Hall–Kier alpha value is -2.49. The van der Waals surface area contributed by atoms with Gasteiger partial charge in [-0.1, -0.05) is 17.7 Å². The molecule has 1 aromatic heterocycles. The van der Waals surface area contributed by atoms with Crippen LogP contribution in [0, 0.1) is 20.8 Å². The zero-order valence-corrected chi connectivity index (χ0v) is 20.3. The van der Waals surface area contributed by atoms with Gasteiger partial charge in [-0.3, -0.25) is 4.79 Å². The third kappa shape index (κ3) is 5.46. The number of ether oxygens (including phenoxy) is 2. The number of aromatic nitrogens is 1. The Morgan fingerprint density at radius 3 is 2.31 bits per heavy atom. The van der Waals surface area contributed by atoms with Gasteiger partial charge in [0.2, 0.25) is 10.0 Å². The molecule has 0 aliphatic heterocycles. The molecule has 0 amide bonds. The molecule has 1 N–H and O–H groups in total. The van der Waals surface area contributed by atoms with Gasteiger partial charge in [-0.15, -0.1) is 0 Å². The molecule has 1 aromatic carbocycles. The first-order valence-corrected chi connectivity index (χ1v) is 12.0. The van der Waals surface area contributed by atoms with E-state index in [0.29, 0.717) is 36.5 Å². The summed E-state index contributed by atoms with van der Waals surface area (Å²) in [7, 11) is -2.68. The van der Waals surface area contributed by atoms with Crippen LogP contribution in [0.3, 0.4) is 0 Å². The van der Waals surface area contributed by atoms with Crippen LogP contribution in [0.25, 0.3) is 0 Å². The van der Waals surface area contributed by atoms with E-state index in [1.807, 2.05) is 13.8 Å². The van der Waals surface area contributed by atoms with E-state index < -0.39 is 27.8 Å². The third-order valence-electron chi connectivity index (χ3n) is 5.38. The number of hydrogen-bond donors (Lipinski definition) is 1. The smallest absolute Gasteiger partial charge is 0.354 e. The lowest BCUT2D eigenvalue weighted by molar-refractivity contribution is 0.0593. The number of aromatic amines is 1. The molecule has 0 radical (unpaired) electrons. The molecular weight excluding hydrogens is 432 g/mol. The van der Waals surface area contributed by atoms with Crippen molar-refractivity contribution in [2.24, 2.45) is 0 Å². The van der Waals surface area contributed by atoms with Gasteiger partial charge >= 0.3 is 5.97 Å². The van der Waals surface area contributed by atoms with E-state index in [2.05, 4.69) is 4.98 Å². The summed E-state index contributed by atoms with van der Waals surface area (Å²) in [6.45, 7) is 9.65. The maximum absolute atomic E-state index is 13.5. The number of methoxy groups -OCH3 is 1. The fourth-order valence-corrected chi connectivity index (χ4v) is 5.23. The molecule has 0 fully saturated rings. The van der Waals surface area contributed by atoms with Crippen molar-refractivity contribution in [1.82, 2.24) is 9.29 Å². The summed E-state index contributed by atoms with van der Waals surface area (Å²) in [6.07, 6.45) is 0.440. The molecule has 9 heteroatoms. The van der Waals surface area contributed by atoms with Gasteiger partial charge in [0.15, 0.2) is 5.78 Å². The number of carbonyl (C=O) groups excluding carboxylic acids is 2. The van der Waals surface area contributed by atoms with E-state index in [4.69, 9.17) is 9.47 Å². The molecule has 0 saturated heterocycles. The molecule has 0 bridgehead atoms. The van der Waals surface area contributed by atoms with Crippen molar-refractivity contribution in [1.29, 1.82) is 0 Å². The Labute approximate surface area is 190 Å². The molecule has 2 rings (SSSR count). The number of benzene rings is 1. The number of nitrogens with one attached hydrogen (secondary N) is 1. The highest BCUT2D eigenvalue weighted by Gasteiger charge is 2.35. The van der Waals surface area contributed by atoms with Crippen molar-refractivity contribution in [3.8, 4) is 0 Å². The molecule has 0 saturated carbocycles. The maximum Gasteiger partial charge on any atom is 0.354 e. The van der Waals surface area contributed by atoms with Crippen LogP contribution in [0.2, 0.25) is 0 Å². The fourth-order valence-electron chi connectivity index (χ4n) is 3.60. The van der Waals surface area contributed by atoms with Crippen LogP contribution in [-0.4, -0.2) is 62.4 Å². The Morgan fingerprint density at radius 1 is 1.12 bits per heavy atom. The molecule has 0 unspecified atom stereocenters. The third-order valence-corrected chi connectivity index (χ3v) is 7.37. The van der Waals surface area contributed by atoms with Crippen LogP contribution in [0.15, 0.2) is 29.2 Å². The molecule has 0 aliphatic carbocycles. The standard InChI is InChI=1S/C23H32N2O6S/c1-7-31-14-8-13-25(32(28,29)19-11-9-15(2)10-12-19)18(5)22(26)20-16(3)21(23(27)30-6)24-17(20)4/h9-12,18,24H,7-8,13-14H2,1-6H3/t18-/m0/s1. The number of aryl methyl sites for hydroxylation is 2. The average molecular weight is 465 g/mol. The second-order valence-electron chi connectivity index (χ2n) is 7.64. The van der Waals surface area contributed by atoms with E-state index in [1.54, 1.807) is 45.0 Å². The molecule has 1 atom stereocenters. The summed E-state index contributed by atoms with van der Waals surface area (Å²) in [5.41, 5.74) is 2.34. The minimum Gasteiger partial charge on any atom is -0.464 e. The highest BCUT2D eigenvalue weighted by atomic mass is 32.2. The molecule has 0 spiro atoms. The average Bonchev–Trinajstić information content (AvgIpc) is 3.06. The molecule has 1 heterocycles. The number of hydrogen-bond acceptors (Lipinski definition) is 6. The first-order valence-electron chi connectivity index (χ1n) is 10.5. The van der Waals surface area contributed by atoms with Crippen molar-refractivity contribution < 1.29 is 27.5 Å². The van der Waals surface area contributed by atoms with E-state index in [9.17, 15) is 18.0 Å². The predicted molar refractivity (Wildman–Crippen MR) is 122 cm³/mol. The van der Waals surface area contributed by atoms with Gasteiger partial charge in [-0.05, 0) is 58.7 Å². The first-order chi connectivity index (χ1) is 15.1. The van der Waals surface area contributed by atoms with Crippen LogP contribution in [0.4, 0.5) is 0 Å². The van der Waals surface area contributed by atoms with Crippen LogP contribution in [0.5, 0.6) is 0 Å². The largest absolute Gasteiger partial charge is 0.464 e. The number of ketones is 1. The zero-order valence-electron chi connectivity index (χ0n) is 19.5. The normalized spacial score (nSPS) is 12.7. The molecule has 32 heavy (non-hydrogen) atoms. The van der Waals surface area contributed by atoms with Gasteiger partial charge in [0.1, 0.15) is 5.69 Å². The van der Waals surface area contributed by atoms with Gasteiger partial charge in [-0.25, -0.2) is 13.2 Å². The van der Waals surface area contributed by atoms with Crippen molar-refractivity contribution in [3.05, 3.63) is 52.3 Å². The number of H-pyrrole nitrogens is 1. The van der Waals surface area contributed by atoms with Crippen molar-refractivity contribution in [2.75, 3.05) is 26.9 Å². The second kappa shape index (κ2) is 10.9. The maximum atomic E-state index is 13.5. The Bertz CT molecular complexity index is 1060. The fraction of sp³-hybridized carbons (Fsp3) is 0.478. The zero-order chi connectivity index (χ0) is 24.1. The first kappa shape index (κ1) is 25.8. The number of carbonyl (C=O) groups is 2. The molecular formula is C23H32N2O6S. The molecule has 0 aliphatic rings. The van der Waals surface area contributed by atoms with Crippen LogP contribution >= 0.6 is 0 Å². The van der Waals surface area contributed by atoms with Gasteiger partial charge < -0.3 is 14.5 Å². The second-order valence-corrected chi connectivity index (χ2v) is 9.53. The van der Waals surface area contributed by atoms with E-state index in [0.717, 1.165) is 5.56 Å². The molecule has 176 valence electrons. The summed E-state index contributed by atoms with van der Waals surface area (Å²) in [5, 5.41) is 0. The van der Waals surface area contributed by atoms with Crippen LogP contribution in [0.1, 0.15) is 57.9 Å². The van der Waals surface area contributed by atoms with Gasteiger partial charge in [0, 0.05) is 31.0 Å². The highest BCUT2D eigenvalue weighted by Crippen LogP contribution is 2.25. The Morgan fingerprint density at radius 2 is 1.75 bits per heavy atom. The van der Waals surface area contributed by atoms with Gasteiger partial charge in [0.05, 0.1) is 18.0 Å². The number of Topliss-reactive ketones (excluding diaryl/α,β-unsaturated/α-hetero) is 1. The molecule has 2 aromatic rings. The Balaban J connectivity index is 2.45. The highest BCUT2D eigenvalue weighted by molar-refractivity contribution is 7.89. The summed E-state index contributed by atoms with van der Waals surface area (Å²) in [6, 6.07) is 5.54. The lowest BCUT2D eigenvalue weighted by Crippen LogP contribution is -2.44. The summed E-state index contributed by atoms with van der Waals surface area (Å²) in [5.74, 6) is -0.975. The number of nitrogens with zero attached hydrogens (tertiary/aromatic N) is 1. The topological polar surface area (TPSA) is 106 Å². The number of sulfonamides is 1. The number of rotatable bonds is 11. The quantitative estimate of drug-likeness (QED) is 0.310. The van der Waals surface area contributed by atoms with E-state index in [1.165, 1.54) is 11.4 Å². The van der Waals surface area contributed by atoms with Crippen LogP contribution in [-0.2, 0) is 19.5 Å². The Kier molecular flexibility index (Phi) is 8.77. The van der Waals surface area contributed by atoms with E-state index in [-0.39, 0.29) is 17.1 Å². The lowest BCUT2D eigenvalue weighted by atomic mass is 10.0. The van der Waals surface area contributed by atoms with E-state index >= 15 is 0 Å². The summed E-state index contributed by atoms with van der Waals surface area (Å²) in [4.78, 5) is 28.5. The lowest BCUT2D eigenvalue weighted by Gasteiger charge is -2.28. The predicted octanol–water partition coefficient (Wildman–Crippen LogP) is 3.42. The number of esters is 1. The van der Waals surface area contributed by atoms with Crippen LogP contribution < -0.4 is 0 Å². The van der Waals surface area contributed by atoms with Crippen molar-refractivity contribution in [3.63, 3.8) is 0 Å². The van der Waals surface area contributed by atoms with Gasteiger partial charge in [0.25, 0.3) is 0 Å². The molecule has 8 nitrogen and oxygen atoms in total. The summed E-state index contributed by atoms with van der Waals surface area (Å²) < 4.78 is 38.3. The monoisotopic (exact) mass is 464 g/mol. The minimum absolute atomic E-state index is 0.121. The minimum atomic E-state index is -3.94. The van der Waals surface area contributed by atoms with Crippen molar-refractivity contribution >= 4 is 21.8 Å². The summed E-state index contributed by atoms with van der Waals surface area (Å²) >= 11 is 0. The van der Waals surface area contributed by atoms with Gasteiger partial charge in [-0.2, -0.15) is 4.31 Å². The van der Waals surface area contributed by atoms with Crippen molar-refractivity contribution in [2.45, 2.75) is 52.0 Å².